The molecule has 0 radical (unpaired) electrons. The van der Waals surface area contributed by atoms with Crippen molar-refractivity contribution < 1.29 is 17.9 Å². The van der Waals surface area contributed by atoms with E-state index < -0.39 is 10.0 Å². The second kappa shape index (κ2) is 9.91. The van der Waals surface area contributed by atoms with Gasteiger partial charge in [0.05, 0.1) is 21.6 Å². The molecule has 0 saturated carbocycles. The molecule has 35 heavy (non-hydrogen) atoms. The smallest absolute Gasteiger partial charge is 0.264 e. The molecule has 3 aromatic carbocycles. The number of carbonyl (C=O) groups excluding carboxylic acids is 1. The van der Waals surface area contributed by atoms with Gasteiger partial charge in [-0.3, -0.25) is 9.10 Å². The van der Waals surface area contributed by atoms with Crippen LogP contribution < -0.4 is 14.4 Å². The zero-order chi connectivity index (χ0) is 25.3. The zero-order valence-corrected chi connectivity index (χ0v) is 21.8. The Balaban J connectivity index is 1.41. The van der Waals surface area contributed by atoms with Crippen LogP contribution in [0.25, 0.3) is 0 Å². The highest BCUT2D eigenvalue weighted by Gasteiger charge is 2.31. The summed E-state index contributed by atoms with van der Waals surface area (Å²) in [5.41, 5.74) is 6.23. The average molecular weight is 513 g/mol. The molecular formula is C27H29ClN2O4S. The number of fused-ring (bicyclic) bond motifs is 1. The van der Waals surface area contributed by atoms with Gasteiger partial charge in [0.1, 0.15) is 5.75 Å². The van der Waals surface area contributed by atoms with Crippen LogP contribution in [-0.4, -0.2) is 27.5 Å². The van der Waals surface area contributed by atoms with Crippen molar-refractivity contribution in [2.75, 3.05) is 17.5 Å². The van der Waals surface area contributed by atoms with Crippen molar-refractivity contribution in [1.82, 2.24) is 5.32 Å². The predicted octanol–water partition coefficient (Wildman–Crippen LogP) is 5.27. The number of benzene rings is 3. The molecule has 0 aliphatic carbocycles. The third-order valence-corrected chi connectivity index (χ3v) is 8.53. The number of hydrogen-bond donors (Lipinski definition) is 1. The molecule has 0 spiro atoms. The molecule has 1 amide bonds. The number of para-hydroxylation sites is 1. The largest absolute Gasteiger partial charge is 0.482 e. The summed E-state index contributed by atoms with van der Waals surface area (Å²) < 4.78 is 33.4. The van der Waals surface area contributed by atoms with Crippen LogP contribution in [-0.2, 0) is 21.2 Å². The maximum atomic E-state index is 13.2. The fourth-order valence-corrected chi connectivity index (χ4v) is 6.23. The normalized spacial score (nSPS) is 13.9. The summed E-state index contributed by atoms with van der Waals surface area (Å²) in [6, 6.07) is 15.8. The number of hydrogen-bond acceptors (Lipinski definition) is 4. The third kappa shape index (κ3) is 5.16. The Morgan fingerprint density at radius 3 is 2.51 bits per heavy atom. The first-order valence-corrected chi connectivity index (χ1v) is 13.3. The van der Waals surface area contributed by atoms with Gasteiger partial charge in [0.15, 0.2) is 6.61 Å². The molecule has 0 saturated heterocycles. The van der Waals surface area contributed by atoms with E-state index in [0.717, 1.165) is 16.7 Å². The maximum Gasteiger partial charge on any atom is 0.264 e. The van der Waals surface area contributed by atoms with E-state index in [4.69, 9.17) is 16.3 Å². The van der Waals surface area contributed by atoms with Crippen LogP contribution in [0.5, 0.6) is 5.75 Å². The molecule has 8 heteroatoms. The monoisotopic (exact) mass is 512 g/mol. The Bertz CT molecular complexity index is 1390. The molecule has 0 aromatic heterocycles. The highest BCUT2D eigenvalue weighted by molar-refractivity contribution is 7.92. The van der Waals surface area contributed by atoms with Gasteiger partial charge in [0.25, 0.3) is 15.9 Å². The Morgan fingerprint density at radius 1 is 1.06 bits per heavy atom. The number of ether oxygens (including phenoxy) is 1. The Kier molecular flexibility index (Phi) is 7.10. The second-order valence-corrected chi connectivity index (χ2v) is 11.2. The highest BCUT2D eigenvalue weighted by Crippen LogP contribution is 2.35. The van der Waals surface area contributed by atoms with Crippen molar-refractivity contribution in [1.29, 1.82) is 0 Å². The molecular weight excluding hydrogens is 484 g/mol. The number of halogens is 1. The molecule has 0 bridgehead atoms. The van der Waals surface area contributed by atoms with Crippen molar-refractivity contribution in [3.8, 4) is 5.75 Å². The number of amides is 1. The quantitative estimate of drug-likeness (QED) is 0.467. The standard InChI is InChI=1S/C27H29ClN2O4S/c1-17-13-19(3)23(14-18(17)2)20(4)29-27(31)16-34-26-10-9-22(15-24(26)28)35(32,33)30-12-11-21-7-5-6-8-25(21)30/h5-10,13-15,20H,11-12,16H2,1-4H3,(H,29,31). The molecule has 6 nitrogen and oxygen atoms in total. The molecule has 1 heterocycles. The number of aryl methyl sites for hydroxylation is 3. The summed E-state index contributed by atoms with van der Waals surface area (Å²) in [6.45, 7) is 8.21. The van der Waals surface area contributed by atoms with Crippen molar-refractivity contribution in [3.05, 3.63) is 87.4 Å². The maximum absolute atomic E-state index is 13.2. The summed E-state index contributed by atoms with van der Waals surface area (Å²) in [4.78, 5) is 12.6. The first-order chi connectivity index (χ1) is 16.6. The topological polar surface area (TPSA) is 75.7 Å². The van der Waals surface area contributed by atoms with E-state index >= 15 is 0 Å². The van der Waals surface area contributed by atoms with Gasteiger partial charge in [-0.2, -0.15) is 0 Å². The van der Waals surface area contributed by atoms with E-state index in [0.29, 0.717) is 18.7 Å². The molecule has 184 valence electrons. The fourth-order valence-electron chi connectivity index (χ4n) is 4.40. The van der Waals surface area contributed by atoms with Crippen LogP contribution >= 0.6 is 11.6 Å². The van der Waals surface area contributed by atoms with Gasteiger partial charge in [-0.1, -0.05) is 41.9 Å². The SMILES string of the molecule is Cc1cc(C)c(C(C)NC(=O)COc2ccc(S(=O)(=O)N3CCc4ccccc43)cc2Cl)cc1C. The van der Waals surface area contributed by atoms with Crippen LogP contribution in [0.4, 0.5) is 5.69 Å². The van der Waals surface area contributed by atoms with Gasteiger partial charge in [0, 0.05) is 6.54 Å². The number of nitrogens with one attached hydrogen (secondary N) is 1. The minimum absolute atomic E-state index is 0.0786. The lowest BCUT2D eigenvalue weighted by Gasteiger charge is -2.20. The molecule has 0 fully saturated rings. The van der Waals surface area contributed by atoms with Crippen LogP contribution in [0.2, 0.25) is 5.02 Å². The highest BCUT2D eigenvalue weighted by atomic mass is 35.5. The Morgan fingerprint density at radius 2 is 1.77 bits per heavy atom. The van der Waals surface area contributed by atoms with Crippen molar-refractivity contribution in [2.24, 2.45) is 0 Å². The van der Waals surface area contributed by atoms with Gasteiger partial charge < -0.3 is 10.1 Å². The Labute approximate surface area is 211 Å². The first kappa shape index (κ1) is 25.1. The van der Waals surface area contributed by atoms with Crippen molar-refractivity contribution in [3.63, 3.8) is 0 Å². The summed E-state index contributed by atoms with van der Waals surface area (Å²) >= 11 is 6.34. The molecule has 1 aliphatic heterocycles. The van der Waals surface area contributed by atoms with E-state index in [-0.39, 0.29) is 34.2 Å². The van der Waals surface area contributed by atoms with E-state index in [1.807, 2.05) is 39.0 Å². The van der Waals surface area contributed by atoms with Gasteiger partial charge in [-0.05, 0) is 86.2 Å². The molecule has 1 unspecified atom stereocenters. The van der Waals surface area contributed by atoms with E-state index in [9.17, 15) is 13.2 Å². The molecule has 1 N–H and O–H groups in total. The van der Waals surface area contributed by atoms with E-state index in [2.05, 4.69) is 24.4 Å². The Hall–Kier alpha value is -3.03. The fraction of sp³-hybridized carbons (Fsp3) is 0.296. The first-order valence-electron chi connectivity index (χ1n) is 11.5. The summed E-state index contributed by atoms with van der Waals surface area (Å²) in [6.07, 6.45) is 0.666. The molecule has 1 atom stereocenters. The second-order valence-electron chi connectivity index (χ2n) is 8.92. The van der Waals surface area contributed by atoms with Crippen LogP contribution in [0, 0.1) is 20.8 Å². The lowest BCUT2D eigenvalue weighted by Crippen LogP contribution is -2.31. The number of nitrogens with zero attached hydrogens (tertiary/aromatic N) is 1. The summed E-state index contributed by atoms with van der Waals surface area (Å²) in [5, 5.41) is 3.08. The average Bonchev–Trinajstić information content (AvgIpc) is 3.25. The van der Waals surface area contributed by atoms with E-state index in [1.165, 1.54) is 33.6 Å². The molecule has 1 aliphatic rings. The number of rotatable bonds is 7. The van der Waals surface area contributed by atoms with E-state index in [1.54, 1.807) is 6.07 Å². The van der Waals surface area contributed by atoms with Crippen LogP contribution in [0.1, 0.15) is 40.8 Å². The number of carbonyl (C=O) groups is 1. The number of anilines is 1. The summed E-state index contributed by atoms with van der Waals surface area (Å²) in [7, 11) is -3.77. The van der Waals surface area contributed by atoms with Crippen LogP contribution in [0.3, 0.4) is 0 Å². The lowest BCUT2D eigenvalue weighted by molar-refractivity contribution is -0.123. The number of sulfonamides is 1. The molecule has 3 aromatic rings. The van der Waals surface area contributed by atoms with Crippen molar-refractivity contribution >= 4 is 33.2 Å². The van der Waals surface area contributed by atoms with Crippen molar-refractivity contribution in [2.45, 2.75) is 45.1 Å². The minimum atomic E-state index is -3.77. The minimum Gasteiger partial charge on any atom is -0.482 e. The van der Waals surface area contributed by atoms with Gasteiger partial charge in [-0.25, -0.2) is 8.42 Å². The van der Waals surface area contributed by atoms with Crippen LogP contribution in [0.15, 0.2) is 59.5 Å². The van der Waals surface area contributed by atoms with Gasteiger partial charge in [0.2, 0.25) is 0 Å². The van der Waals surface area contributed by atoms with Gasteiger partial charge in [-0.15, -0.1) is 0 Å². The third-order valence-electron chi connectivity index (χ3n) is 6.42. The summed E-state index contributed by atoms with van der Waals surface area (Å²) in [5.74, 6) is -0.0471. The van der Waals surface area contributed by atoms with Gasteiger partial charge >= 0.3 is 0 Å². The zero-order valence-electron chi connectivity index (χ0n) is 20.3. The lowest BCUT2D eigenvalue weighted by atomic mass is 9.96. The predicted molar refractivity (Wildman–Crippen MR) is 139 cm³/mol. The molecule has 4 rings (SSSR count).